The summed E-state index contributed by atoms with van der Waals surface area (Å²) in [6, 6.07) is 16.4. The maximum atomic E-state index is 12.8. The molecule has 2 aromatic carbocycles. The second kappa shape index (κ2) is 12.1. The molecule has 2 saturated heterocycles. The van der Waals surface area contributed by atoms with Gasteiger partial charge in [-0.15, -0.1) is 0 Å². The number of amides is 1. The van der Waals surface area contributed by atoms with Gasteiger partial charge in [-0.2, -0.15) is 4.31 Å². The average Bonchev–Trinajstić information content (AvgIpc) is 2.89. The first-order valence-electron chi connectivity index (χ1n) is 12.8. The fourth-order valence-electron chi connectivity index (χ4n) is 4.78. The lowest BCUT2D eigenvalue weighted by molar-refractivity contribution is 0.0950. The van der Waals surface area contributed by atoms with Crippen LogP contribution in [0, 0.1) is 5.92 Å². The third-order valence-corrected chi connectivity index (χ3v) is 9.06. The first kappa shape index (κ1) is 25.8. The lowest BCUT2D eigenvalue weighted by Gasteiger charge is -2.34. The molecule has 0 aromatic heterocycles. The van der Waals surface area contributed by atoms with E-state index in [1.165, 1.54) is 25.9 Å². The van der Waals surface area contributed by atoms with Crippen LogP contribution in [0.4, 0.5) is 0 Å². The Morgan fingerprint density at radius 3 is 2.20 bits per heavy atom. The van der Waals surface area contributed by atoms with E-state index < -0.39 is 10.0 Å². The molecule has 0 radical (unpaired) electrons. The summed E-state index contributed by atoms with van der Waals surface area (Å²) in [6.45, 7) is 9.49. The summed E-state index contributed by atoms with van der Waals surface area (Å²) in [5, 5.41) is 3.04. The Hall–Kier alpha value is -2.26. The van der Waals surface area contributed by atoms with Crippen LogP contribution in [0.15, 0.2) is 59.5 Å². The number of carbonyl (C=O) groups excluding carboxylic acids is 1. The predicted molar refractivity (Wildman–Crippen MR) is 139 cm³/mol. The highest BCUT2D eigenvalue weighted by Gasteiger charge is 2.28. The quantitative estimate of drug-likeness (QED) is 0.538. The smallest absolute Gasteiger partial charge is 0.251 e. The van der Waals surface area contributed by atoms with Gasteiger partial charge in [-0.05, 0) is 74.6 Å². The first-order valence-corrected chi connectivity index (χ1v) is 14.2. The van der Waals surface area contributed by atoms with E-state index in [0.29, 0.717) is 43.2 Å². The molecule has 1 amide bonds. The van der Waals surface area contributed by atoms with Gasteiger partial charge < -0.3 is 10.2 Å². The fourth-order valence-corrected chi connectivity index (χ4v) is 6.22. The highest BCUT2D eigenvalue weighted by molar-refractivity contribution is 7.89. The summed E-state index contributed by atoms with van der Waals surface area (Å²) in [6.07, 6.45) is 3.53. The second-order valence-electron chi connectivity index (χ2n) is 9.82. The molecule has 35 heavy (non-hydrogen) atoms. The molecule has 2 heterocycles. The lowest BCUT2D eigenvalue weighted by atomic mass is 9.99. The van der Waals surface area contributed by atoms with Crippen molar-refractivity contribution in [2.45, 2.75) is 37.6 Å². The molecule has 2 aliphatic rings. The molecule has 0 saturated carbocycles. The van der Waals surface area contributed by atoms with Crippen molar-refractivity contribution < 1.29 is 13.2 Å². The van der Waals surface area contributed by atoms with Crippen LogP contribution in [-0.2, 0) is 16.6 Å². The number of piperazine rings is 1. The summed E-state index contributed by atoms with van der Waals surface area (Å²) in [5.74, 6) is 0.817. The number of carbonyl (C=O) groups is 1. The van der Waals surface area contributed by atoms with Crippen molar-refractivity contribution in [1.82, 2.24) is 19.4 Å². The molecular formula is C27H38N4O3S. The number of benzene rings is 2. The number of rotatable bonds is 9. The molecule has 2 fully saturated rings. The normalized spacial score (nSPS) is 19.0. The molecule has 2 aromatic rings. The van der Waals surface area contributed by atoms with E-state index in [0.717, 1.165) is 31.0 Å². The standard InChI is InChI=1S/C27H38N4O3S/c1-23-12-16-29(17-13-23)15-5-14-28-27(32)25-10-8-24(9-11-25)22-30-18-20-31(21-19-30)35(33,34)26-6-3-2-4-7-26/h2-4,6-11,23H,5,12-22H2,1H3,(H,28,32). The zero-order chi connectivity index (χ0) is 24.7. The number of nitrogens with zero attached hydrogens (tertiary/aromatic N) is 3. The van der Waals surface area contributed by atoms with Crippen molar-refractivity contribution in [3.05, 3.63) is 65.7 Å². The number of likely N-dealkylation sites (tertiary alicyclic amines) is 1. The van der Waals surface area contributed by atoms with Gasteiger partial charge in [-0.3, -0.25) is 9.69 Å². The SMILES string of the molecule is CC1CCN(CCCNC(=O)c2ccc(CN3CCN(S(=O)(=O)c4ccccc4)CC3)cc2)CC1. The molecule has 0 spiro atoms. The van der Waals surface area contributed by atoms with E-state index in [4.69, 9.17) is 0 Å². The Bertz CT molecular complexity index is 1040. The van der Waals surface area contributed by atoms with E-state index in [2.05, 4.69) is 22.0 Å². The van der Waals surface area contributed by atoms with Crippen molar-refractivity contribution in [3.8, 4) is 0 Å². The van der Waals surface area contributed by atoms with Crippen molar-refractivity contribution in [2.75, 3.05) is 52.4 Å². The van der Waals surface area contributed by atoms with E-state index in [9.17, 15) is 13.2 Å². The number of nitrogens with one attached hydrogen (secondary N) is 1. The molecule has 0 atom stereocenters. The van der Waals surface area contributed by atoms with Gasteiger partial charge >= 0.3 is 0 Å². The maximum Gasteiger partial charge on any atom is 0.251 e. The zero-order valence-corrected chi connectivity index (χ0v) is 21.5. The van der Waals surface area contributed by atoms with Gasteiger partial charge in [0, 0.05) is 44.8 Å². The third kappa shape index (κ3) is 7.13. The average molecular weight is 499 g/mol. The maximum absolute atomic E-state index is 12.8. The Kier molecular flexibility index (Phi) is 8.94. The monoisotopic (exact) mass is 498 g/mol. The Morgan fingerprint density at radius 2 is 1.54 bits per heavy atom. The third-order valence-electron chi connectivity index (χ3n) is 7.15. The minimum absolute atomic E-state index is 0.0245. The molecule has 0 bridgehead atoms. The highest BCUT2D eigenvalue weighted by atomic mass is 32.2. The molecule has 0 unspecified atom stereocenters. The molecule has 8 heteroatoms. The summed E-state index contributed by atoms with van der Waals surface area (Å²) in [7, 11) is -3.43. The number of hydrogen-bond donors (Lipinski definition) is 1. The number of piperidine rings is 1. The largest absolute Gasteiger partial charge is 0.352 e. The van der Waals surface area contributed by atoms with Gasteiger partial charge in [-0.25, -0.2) is 8.42 Å². The van der Waals surface area contributed by atoms with Crippen molar-refractivity contribution in [1.29, 1.82) is 0 Å². The van der Waals surface area contributed by atoms with E-state index >= 15 is 0 Å². The van der Waals surface area contributed by atoms with E-state index in [-0.39, 0.29) is 5.91 Å². The molecule has 7 nitrogen and oxygen atoms in total. The zero-order valence-electron chi connectivity index (χ0n) is 20.7. The molecule has 1 N–H and O–H groups in total. The Morgan fingerprint density at radius 1 is 0.886 bits per heavy atom. The highest BCUT2D eigenvalue weighted by Crippen LogP contribution is 2.19. The van der Waals surface area contributed by atoms with Crippen LogP contribution >= 0.6 is 0 Å². The summed E-state index contributed by atoms with van der Waals surface area (Å²) < 4.78 is 27.2. The lowest BCUT2D eigenvalue weighted by Crippen LogP contribution is -2.48. The minimum atomic E-state index is -3.43. The Balaban J connectivity index is 1.18. The van der Waals surface area contributed by atoms with Crippen LogP contribution in [-0.4, -0.2) is 80.8 Å². The number of hydrogen-bond acceptors (Lipinski definition) is 5. The molecule has 190 valence electrons. The number of sulfonamides is 1. The summed E-state index contributed by atoms with van der Waals surface area (Å²) in [4.78, 5) is 17.6. The van der Waals surface area contributed by atoms with Crippen molar-refractivity contribution in [3.63, 3.8) is 0 Å². The predicted octanol–water partition coefficient (Wildman–Crippen LogP) is 3.04. The Labute approximate surface area is 210 Å². The summed E-state index contributed by atoms with van der Waals surface area (Å²) in [5.41, 5.74) is 1.81. The van der Waals surface area contributed by atoms with Crippen LogP contribution < -0.4 is 5.32 Å². The second-order valence-corrected chi connectivity index (χ2v) is 11.8. The van der Waals surface area contributed by atoms with Gasteiger partial charge in [0.25, 0.3) is 5.91 Å². The van der Waals surface area contributed by atoms with Gasteiger partial charge in [0.15, 0.2) is 0 Å². The minimum Gasteiger partial charge on any atom is -0.352 e. The van der Waals surface area contributed by atoms with Gasteiger partial charge in [0.05, 0.1) is 4.90 Å². The van der Waals surface area contributed by atoms with Crippen molar-refractivity contribution in [2.24, 2.45) is 5.92 Å². The van der Waals surface area contributed by atoms with Crippen LogP contribution in [0.1, 0.15) is 42.1 Å². The van der Waals surface area contributed by atoms with E-state index in [1.54, 1.807) is 28.6 Å². The van der Waals surface area contributed by atoms with E-state index in [1.807, 2.05) is 30.3 Å². The molecule has 2 aliphatic heterocycles. The topological polar surface area (TPSA) is 73.0 Å². The molecule has 4 rings (SSSR count). The van der Waals surface area contributed by atoms with Gasteiger partial charge in [-0.1, -0.05) is 37.3 Å². The van der Waals surface area contributed by atoms with Crippen LogP contribution in [0.25, 0.3) is 0 Å². The molecular weight excluding hydrogens is 460 g/mol. The van der Waals surface area contributed by atoms with Crippen LogP contribution in [0.5, 0.6) is 0 Å². The van der Waals surface area contributed by atoms with Crippen molar-refractivity contribution >= 4 is 15.9 Å². The van der Waals surface area contributed by atoms with Gasteiger partial charge in [0.2, 0.25) is 10.0 Å². The van der Waals surface area contributed by atoms with Crippen LogP contribution in [0.3, 0.4) is 0 Å². The fraction of sp³-hybridized carbons (Fsp3) is 0.519. The van der Waals surface area contributed by atoms with Gasteiger partial charge in [0.1, 0.15) is 0 Å². The molecule has 0 aliphatic carbocycles. The summed E-state index contributed by atoms with van der Waals surface area (Å²) >= 11 is 0. The van der Waals surface area contributed by atoms with Crippen LogP contribution in [0.2, 0.25) is 0 Å². The first-order chi connectivity index (χ1) is 16.9.